The number of amides is 1. The predicted octanol–water partition coefficient (Wildman–Crippen LogP) is 3.23. The van der Waals surface area contributed by atoms with Gasteiger partial charge in [-0.05, 0) is 44.7 Å². The molecule has 2 aliphatic rings. The molecule has 0 spiro atoms. The van der Waals surface area contributed by atoms with Gasteiger partial charge in [0, 0.05) is 38.5 Å². The van der Waals surface area contributed by atoms with Crippen LogP contribution < -0.4 is 0 Å². The van der Waals surface area contributed by atoms with E-state index in [1.165, 1.54) is 24.8 Å². The van der Waals surface area contributed by atoms with Gasteiger partial charge in [-0.15, -0.1) is 10.2 Å². The van der Waals surface area contributed by atoms with Crippen LogP contribution in [-0.2, 0) is 24.3 Å². The second-order valence-corrected chi connectivity index (χ2v) is 8.40. The number of nitrogens with zero attached hydrogens (tertiary/aromatic N) is 5. The van der Waals surface area contributed by atoms with Crippen molar-refractivity contribution in [3.8, 4) is 0 Å². The number of carbonyl (C=O) groups excluding carboxylic acids is 1. The largest absolute Gasteiger partial charge is 0.338 e. The van der Waals surface area contributed by atoms with Crippen molar-refractivity contribution in [1.29, 1.82) is 0 Å². The Kier molecular flexibility index (Phi) is 6.60. The monoisotopic (exact) mass is 395 g/mol. The lowest BCUT2D eigenvalue weighted by Crippen LogP contribution is -2.44. The molecule has 1 unspecified atom stereocenters. The molecule has 1 fully saturated rings. The summed E-state index contributed by atoms with van der Waals surface area (Å²) in [6.45, 7) is 6.93. The number of carbonyl (C=O) groups is 1. The summed E-state index contributed by atoms with van der Waals surface area (Å²) in [6.07, 6.45) is 7.03. The summed E-state index contributed by atoms with van der Waals surface area (Å²) >= 11 is 0. The van der Waals surface area contributed by atoms with E-state index in [0.29, 0.717) is 19.0 Å². The molecule has 1 saturated heterocycles. The van der Waals surface area contributed by atoms with E-state index in [9.17, 15) is 4.79 Å². The van der Waals surface area contributed by atoms with Crippen LogP contribution in [0.15, 0.2) is 30.3 Å². The minimum atomic E-state index is 0.220. The summed E-state index contributed by atoms with van der Waals surface area (Å²) in [5.74, 6) is 2.92. The van der Waals surface area contributed by atoms with E-state index in [1.54, 1.807) is 0 Å². The molecule has 0 saturated carbocycles. The Morgan fingerprint density at radius 3 is 2.79 bits per heavy atom. The molecular weight excluding hydrogens is 362 g/mol. The third kappa shape index (κ3) is 4.86. The fourth-order valence-electron chi connectivity index (χ4n) is 4.69. The van der Waals surface area contributed by atoms with Crippen LogP contribution in [-0.4, -0.2) is 56.7 Å². The van der Waals surface area contributed by atoms with E-state index < -0.39 is 0 Å². The van der Waals surface area contributed by atoms with Crippen molar-refractivity contribution in [2.45, 2.75) is 64.5 Å². The summed E-state index contributed by atoms with van der Waals surface area (Å²) < 4.78 is 2.37. The average Bonchev–Trinajstić information content (AvgIpc) is 3.01. The molecule has 2 aliphatic heterocycles. The van der Waals surface area contributed by atoms with Crippen LogP contribution in [0.4, 0.5) is 0 Å². The number of benzene rings is 1. The van der Waals surface area contributed by atoms with Crippen molar-refractivity contribution in [1.82, 2.24) is 24.6 Å². The van der Waals surface area contributed by atoms with Gasteiger partial charge in [-0.2, -0.15) is 0 Å². The number of likely N-dealkylation sites (tertiary alicyclic amines) is 1. The topological polar surface area (TPSA) is 54.3 Å². The molecule has 1 aromatic heterocycles. The van der Waals surface area contributed by atoms with Crippen LogP contribution in [0.5, 0.6) is 0 Å². The Morgan fingerprint density at radius 1 is 1.10 bits per heavy atom. The maximum Gasteiger partial charge on any atom is 0.237 e. The minimum Gasteiger partial charge on any atom is -0.338 e. The maximum atomic E-state index is 13.0. The zero-order chi connectivity index (χ0) is 20.1. The number of aryl methyl sites for hydroxylation is 1. The number of fused-ring (bicyclic) bond motifs is 1. The number of piperidine rings is 1. The van der Waals surface area contributed by atoms with Crippen molar-refractivity contribution in [2.24, 2.45) is 0 Å². The quantitative estimate of drug-likeness (QED) is 0.754. The van der Waals surface area contributed by atoms with Crippen LogP contribution in [0.25, 0.3) is 0 Å². The molecular formula is C23H33N5O. The highest BCUT2D eigenvalue weighted by atomic mass is 16.2. The summed E-state index contributed by atoms with van der Waals surface area (Å²) in [5, 5.41) is 9.06. The van der Waals surface area contributed by atoms with E-state index >= 15 is 0 Å². The van der Waals surface area contributed by atoms with Gasteiger partial charge in [0.05, 0.1) is 6.54 Å². The molecule has 0 N–H and O–H groups in total. The van der Waals surface area contributed by atoms with E-state index in [1.807, 2.05) is 23.1 Å². The van der Waals surface area contributed by atoms with Crippen LogP contribution in [0, 0.1) is 0 Å². The van der Waals surface area contributed by atoms with Gasteiger partial charge in [0.1, 0.15) is 11.6 Å². The molecule has 1 atom stereocenters. The van der Waals surface area contributed by atoms with E-state index in [2.05, 4.69) is 38.7 Å². The van der Waals surface area contributed by atoms with E-state index in [-0.39, 0.29) is 5.91 Å². The Bertz CT molecular complexity index is 803. The zero-order valence-electron chi connectivity index (χ0n) is 17.6. The third-order valence-corrected chi connectivity index (χ3v) is 6.32. The van der Waals surface area contributed by atoms with Crippen molar-refractivity contribution in [3.05, 3.63) is 47.5 Å². The maximum absolute atomic E-state index is 13.0. The fraction of sp³-hybridized carbons (Fsp3) is 0.609. The Hall–Kier alpha value is -2.21. The van der Waals surface area contributed by atoms with Gasteiger partial charge >= 0.3 is 0 Å². The van der Waals surface area contributed by atoms with Crippen molar-refractivity contribution >= 4 is 5.91 Å². The number of rotatable bonds is 6. The summed E-state index contributed by atoms with van der Waals surface area (Å²) in [6, 6.07) is 10.3. The fourth-order valence-corrected chi connectivity index (χ4v) is 4.69. The first-order chi connectivity index (χ1) is 14.2. The highest BCUT2D eigenvalue weighted by molar-refractivity contribution is 5.78. The lowest BCUT2D eigenvalue weighted by Gasteiger charge is -2.33. The van der Waals surface area contributed by atoms with Crippen molar-refractivity contribution < 1.29 is 4.79 Å². The van der Waals surface area contributed by atoms with E-state index in [0.717, 1.165) is 57.1 Å². The normalized spacial score (nSPS) is 20.1. The Morgan fingerprint density at radius 2 is 1.97 bits per heavy atom. The summed E-state index contributed by atoms with van der Waals surface area (Å²) in [7, 11) is 0. The lowest BCUT2D eigenvalue weighted by molar-refractivity contribution is -0.133. The van der Waals surface area contributed by atoms with Gasteiger partial charge < -0.3 is 9.47 Å². The smallest absolute Gasteiger partial charge is 0.237 e. The molecule has 0 bridgehead atoms. The second kappa shape index (κ2) is 9.53. The molecule has 1 aromatic carbocycles. The highest BCUT2D eigenvalue weighted by Crippen LogP contribution is 2.28. The Balaban J connectivity index is 1.38. The van der Waals surface area contributed by atoms with Gasteiger partial charge in [-0.1, -0.05) is 36.8 Å². The minimum absolute atomic E-state index is 0.220. The van der Waals surface area contributed by atoms with Crippen LogP contribution >= 0.6 is 0 Å². The molecule has 0 radical (unpaired) electrons. The molecule has 6 nitrogen and oxygen atoms in total. The second-order valence-electron chi connectivity index (χ2n) is 8.40. The van der Waals surface area contributed by atoms with Crippen LogP contribution in [0.3, 0.4) is 0 Å². The van der Waals surface area contributed by atoms with Gasteiger partial charge in [-0.25, -0.2) is 0 Å². The molecule has 1 amide bonds. The molecule has 0 aliphatic carbocycles. The zero-order valence-corrected chi connectivity index (χ0v) is 17.6. The first kappa shape index (κ1) is 20.1. The molecule has 4 rings (SSSR count). The first-order valence-electron chi connectivity index (χ1n) is 11.2. The van der Waals surface area contributed by atoms with Crippen LogP contribution in [0.1, 0.15) is 62.2 Å². The molecule has 3 heterocycles. The number of likely N-dealkylation sites (N-methyl/N-ethyl adjacent to an activating group) is 1. The van der Waals surface area contributed by atoms with Gasteiger partial charge in [0.15, 0.2) is 0 Å². The standard InChI is InChI=1S/C23H33N5O/c1-2-27(16-19-10-5-3-6-11-19)22(29)18-26-14-9-12-20(17-26)23-25-24-21-13-7-4-8-15-28(21)23/h3,5-6,10-11,20H,2,4,7-9,12-18H2,1H3. The number of aromatic nitrogens is 3. The van der Waals surface area contributed by atoms with Crippen molar-refractivity contribution in [2.75, 3.05) is 26.2 Å². The van der Waals surface area contributed by atoms with Gasteiger partial charge in [-0.3, -0.25) is 9.69 Å². The van der Waals surface area contributed by atoms with E-state index in [4.69, 9.17) is 0 Å². The third-order valence-electron chi connectivity index (χ3n) is 6.32. The highest BCUT2D eigenvalue weighted by Gasteiger charge is 2.28. The summed E-state index contributed by atoms with van der Waals surface area (Å²) in [5.41, 5.74) is 1.19. The lowest BCUT2D eigenvalue weighted by atomic mass is 9.97. The van der Waals surface area contributed by atoms with Gasteiger partial charge in [0.25, 0.3) is 0 Å². The van der Waals surface area contributed by atoms with Crippen molar-refractivity contribution in [3.63, 3.8) is 0 Å². The average molecular weight is 396 g/mol. The predicted molar refractivity (Wildman–Crippen MR) is 114 cm³/mol. The SMILES string of the molecule is CCN(Cc1ccccc1)C(=O)CN1CCCC(c2nnc3n2CCCCC3)C1. The van der Waals surface area contributed by atoms with Crippen LogP contribution in [0.2, 0.25) is 0 Å². The molecule has 156 valence electrons. The molecule has 6 heteroatoms. The number of hydrogen-bond donors (Lipinski definition) is 0. The molecule has 29 heavy (non-hydrogen) atoms. The Labute approximate surface area is 173 Å². The summed E-state index contributed by atoms with van der Waals surface area (Å²) in [4.78, 5) is 17.3. The first-order valence-corrected chi connectivity index (χ1v) is 11.2. The van der Waals surface area contributed by atoms with Gasteiger partial charge in [0.2, 0.25) is 5.91 Å². The molecule has 2 aromatic rings. The number of hydrogen-bond acceptors (Lipinski definition) is 4.